The molecule has 0 unspecified atom stereocenters. The van der Waals surface area contributed by atoms with Crippen molar-refractivity contribution in [1.82, 2.24) is 9.88 Å². The zero-order valence-electron chi connectivity index (χ0n) is 14.0. The van der Waals surface area contributed by atoms with Crippen LogP contribution in [-0.2, 0) is 11.2 Å². The summed E-state index contributed by atoms with van der Waals surface area (Å²) >= 11 is 0. The van der Waals surface area contributed by atoms with E-state index >= 15 is 0 Å². The highest BCUT2D eigenvalue weighted by molar-refractivity contribution is 5.76. The van der Waals surface area contributed by atoms with Gasteiger partial charge in [-0.05, 0) is 44.7 Å². The minimum Gasteiger partial charge on any atom is -0.343 e. The summed E-state index contributed by atoms with van der Waals surface area (Å²) in [4.78, 5) is 28.6. The molecule has 0 fully saturated rings. The maximum atomic E-state index is 12.3. The number of pyridine rings is 1. The van der Waals surface area contributed by atoms with Gasteiger partial charge in [0.25, 0.3) is 5.56 Å². The Balaban J connectivity index is 2.86. The number of H-pyrrole nitrogens is 1. The molecule has 0 radical (unpaired) electrons. The van der Waals surface area contributed by atoms with E-state index in [0.717, 1.165) is 30.6 Å². The Bertz CT molecular complexity index is 626. The van der Waals surface area contributed by atoms with Gasteiger partial charge in [0.2, 0.25) is 5.91 Å². The molecule has 1 N–H and O–H groups in total. The molecule has 1 heterocycles. The van der Waals surface area contributed by atoms with Crippen LogP contribution in [0.3, 0.4) is 0 Å². The Labute approximate surface area is 132 Å². The molecule has 1 amide bonds. The molecular weight excluding hydrogens is 278 g/mol. The number of hydrogen-bond donors (Lipinski definition) is 1. The summed E-state index contributed by atoms with van der Waals surface area (Å²) in [6.45, 7) is 9.18. The van der Waals surface area contributed by atoms with E-state index in [2.05, 4.69) is 11.9 Å². The van der Waals surface area contributed by atoms with Crippen molar-refractivity contribution in [3.05, 3.63) is 32.7 Å². The van der Waals surface area contributed by atoms with Crippen LogP contribution in [0.5, 0.6) is 0 Å². The van der Waals surface area contributed by atoms with Crippen LogP contribution in [0.4, 0.5) is 0 Å². The summed E-state index contributed by atoms with van der Waals surface area (Å²) in [5.41, 5.74) is 2.12. The fraction of sp³-hybridized carbons (Fsp3) is 0.588. The van der Waals surface area contributed by atoms with Crippen LogP contribution in [0.2, 0.25) is 0 Å². The second kappa shape index (κ2) is 8.38. The van der Waals surface area contributed by atoms with Crippen LogP contribution in [0.1, 0.15) is 55.5 Å². The molecule has 1 rings (SSSR count). The molecular formula is C17H25N3O2. The van der Waals surface area contributed by atoms with Crippen molar-refractivity contribution in [2.45, 2.75) is 53.4 Å². The maximum Gasteiger partial charge on any atom is 0.266 e. The number of nitriles is 1. The van der Waals surface area contributed by atoms with E-state index in [9.17, 15) is 9.59 Å². The average molecular weight is 303 g/mol. The van der Waals surface area contributed by atoms with Crippen molar-refractivity contribution < 1.29 is 4.79 Å². The van der Waals surface area contributed by atoms with Crippen molar-refractivity contribution in [1.29, 1.82) is 5.26 Å². The van der Waals surface area contributed by atoms with Gasteiger partial charge in [-0.2, -0.15) is 5.26 Å². The van der Waals surface area contributed by atoms with Gasteiger partial charge in [-0.1, -0.05) is 13.3 Å². The normalized spacial score (nSPS) is 10.3. The Kier molecular flexibility index (Phi) is 6.84. The quantitative estimate of drug-likeness (QED) is 0.840. The predicted molar refractivity (Wildman–Crippen MR) is 86.7 cm³/mol. The van der Waals surface area contributed by atoms with E-state index in [0.29, 0.717) is 24.9 Å². The third-order valence-electron chi connectivity index (χ3n) is 4.03. The number of unbranched alkanes of at least 4 members (excludes halogenated alkanes) is 1. The molecule has 22 heavy (non-hydrogen) atoms. The van der Waals surface area contributed by atoms with Crippen molar-refractivity contribution in [2.24, 2.45) is 0 Å². The third kappa shape index (κ3) is 4.20. The molecule has 0 bridgehead atoms. The first-order valence-corrected chi connectivity index (χ1v) is 7.86. The summed E-state index contributed by atoms with van der Waals surface area (Å²) in [7, 11) is 0. The van der Waals surface area contributed by atoms with Gasteiger partial charge in [-0.15, -0.1) is 0 Å². The fourth-order valence-corrected chi connectivity index (χ4v) is 2.62. The average Bonchev–Trinajstić information content (AvgIpc) is 2.47. The molecule has 5 nitrogen and oxygen atoms in total. The highest BCUT2D eigenvalue weighted by Gasteiger charge is 2.15. The Hall–Kier alpha value is -2.09. The SMILES string of the molecule is CCCCN(CC)C(=O)CCc1c(C)[nH]c(=O)c(C#N)c1C. The zero-order valence-corrected chi connectivity index (χ0v) is 14.0. The standard InChI is InChI=1S/C17H25N3O2/c1-5-7-10-20(6-2)16(21)9-8-14-12(3)15(11-18)17(22)19-13(14)4/h5-10H2,1-4H3,(H,19,22). The van der Waals surface area contributed by atoms with Gasteiger partial charge >= 0.3 is 0 Å². The van der Waals surface area contributed by atoms with Crippen LogP contribution in [0.15, 0.2) is 4.79 Å². The molecule has 0 atom stereocenters. The second-order valence-electron chi connectivity index (χ2n) is 5.50. The molecule has 0 spiro atoms. The lowest BCUT2D eigenvalue weighted by atomic mass is 9.99. The van der Waals surface area contributed by atoms with Crippen LogP contribution < -0.4 is 5.56 Å². The summed E-state index contributed by atoms with van der Waals surface area (Å²) < 4.78 is 0. The van der Waals surface area contributed by atoms with Gasteiger partial charge in [0.15, 0.2) is 0 Å². The first-order chi connectivity index (χ1) is 10.5. The lowest BCUT2D eigenvalue weighted by Gasteiger charge is -2.21. The van der Waals surface area contributed by atoms with Gasteiger partial charge < -0.3 is 9.88 Å². The molecule has 0 aliphatic heterocycles. The lowest BCUT2D eigenvalue weighted by Crippen LogP contribution is -2.32. The topological polar surface area (TPSA) is 77.0 Å². The minimum atomic E-state index is -0.356. The van der Waals surface area contributed by atoms with Crippen molar-refractivity contribution in [3.63, 3.8) is 0 Å². The highest BCUT2D eigenvalue weighted by Crippen LogP contribution is 2.15. The van der Waals surface area contributed by atoms with Crippen LogP contribution in [-0.4, -0.2) is 28.9 Å². The first kappa shape index (κ1) is 18.0. The Morgan fingerprint density at radius 1 is 1.32 bits per heavy atom. The number of aryl methyl sites for hydroxylation is 1. The van der Waals surface area contributed by atoms with E-state index in [1.165, 1.54) is 0 Å². The summed E-state index contributed by atoms with van der Waals surface area (Å²) in [5.74, 6) is 0.124. The third-order valence-corrected chi connectivity index (χ3v) is 4.03. The number of nitrogens with zero attached hydrogens (tertiary/aromatic N) is 2. The number of nitrogens with one attached hydrogen (secondary N) is 1. The van der Waals surface area contributed by atoms with E-state index < -0.39 is 0 Å². The number of rotatable bonds is 7. The number of carbonyl (C=O) groups is 1. The highest BCUT2D eigenvalue weighted by atomic mass is 16.2. The summed E-state index contributed by atoms with van der Waals surface area (Å²) in [5, 5.41) is 9.07. The second-order valence-corrected chi connectivity index (χ2v) is 5.50. The Morgan fingerprint density at radius 2 is 2.00 bits per heavy atom. The molecule has 0 saturated heterocycles. The van der Waals surface area contributed by atoms with E-state index in [1.54, 1.807) is 6.92 Å². The molecule has 1 aromatic heterocycles. The molecule has 0 saturated carbocycles. The van der Waals surface area contributed by atoms with Crippen LogP contribution in [0.25, 0.3) is 0 Å². The molecule has 5 heteroatoms. The van der Waals surface area contributed by atoms with Gasteiger partial charge in [-0.3, -0.25) is 9.59 Å². The van der Waals surface area contributed by atoms with Crippen molar-refractivity contribution >= 4 is 5.91 Å². The number of amides is 1. The molecule has 0 aliphatic rings. The zero-order chi connectivity index (χ0) is 16.7. The molecule has 120 valence electrons. The van der Waals surface area contributed by atoms with Gasteiger partial charge in [0, 0.05) is 25.2 Å². The van der Waals surface area contributed by atoms with E-state index in [1.807, 2.05) is 24.8 Å². The predicted octanol–water partition coefficient (Wildman–Crippen LogP) is 2.44. The Morgan fingerprint density at radius 3 is 2.55 bits per heavy atom. The number of aromatic amines is 1. The number of carbonyl (C=O) groups excluding carboxylic acids is 1. The fourth-order valence-electron chi connectivity index (χ4n) is 2.62. The van der Waals surface area contributed by atoms with Gasteiger partial charge in [0.1, 0.15) is 11.6 Å². The summed E-state index contributed by atoms with van der Waals surface area (Å²) in [6.07, 6.45) is 3.02. The minimum absolute atomic E-state index is 0.124. The summed E-state index contributed by atoms with van der Waals surface area (Å²) in [6, 6.07) is 1.94. The molecule has 1 aromatic rings. The van der Waals surface area contributed by atoms with Crippen LogP contribution >= 0.6 is 0 Å². The van der Waals surface area contributed by atoms with E-state index in [-0.39, 0.29) is 17.0 Å². The van der Waals surface area contributed by atoms with Crippen molar-refractivity contribution in [2.75, 3.05) is 13.1 Å². The smallest absolute Gasteiger partial charge is 0.266 e. The molecule has 0 aliphatic carbocycles. The van der Waals surface area contributed by atoms with Gasteiger partial charge in [-0.25, -0.2) is 0 Å². The maximum absolute atomic E-state index is 12.3. The van der Waals surface area contributed by atoms with Crippen LogP contribution in [0, 0.1) is 25.2 Å². The first-order valence-electron chi connectivity index (χ1n) is 7.86. The monoisotopic (exact) mass is 303 g/mol. The molecule has 0 aromatic carbocycles. The van der Waals surface area contributed by atoms with Crippen molar-refractivity contribution in [3.8, 4) is 6.07 Å². The largest absolute Gasteiger partial charge is 0.343 e. The number of hydrogen-bond acceptors (Lipinski definition) is 3. The van der Waals surface area contributed by atoms with E-state index in [4.69, 9.17) is 5.26 Å². The van der Waals surface area contributed by atoms with Gasteiger partial charge in [0.05, 0.1) is 0 Å². The number of aromatic nitrogens is 1. The lowest BCUT2D eigenvalue weighted by molar-refractivity contribution is -0.131.